The minimum absolute atomic E-state index is 0.802. The van der Waals surface area contributed by atoms with Gasteiger partial charge in [-0.3, -0.25) is 4.98 Å². The second-order valence-electron chi connectivity index (χ2n) is 4.78. The van der Waals surface area contributed by atoms with Gasteiger partial charge in [-0.2, -0.15) is 0 Å². The van der Waals surface area contributed by atoms with Gasteiger partial charge in [-0.05, 0) is 25.1 Å². The molecule has 0 aliphatic carbocycles. The molecule has 1 saturated heterocycles. The first-order valence-corrected chi connectivity index (χ1v) is 6.36. The van der Waals surface area contributed by atoms with Crippen LogP contribution < -0.4 is 16.0 Å². The molecule has 3 rings (SSSR count). The first-order chi connectivity index (χ1) is 8.75. The van der Waals surface area contributed by atoms with Crippen molar-refractivity contribution in [1.82, 2.24) is 10.3 Å². The summed E-state index contributed by atoms with van der Waals surface area (Å²) >= 11 is 0. The van der Waals surface area contributed by atoms with Gasteiger partial charge in [0.2, 0.25) is 0 Å². The summed E-state index contributed by atoms with van der Waals surface area (Å²) in [6.45, 7) is 6.18. The van der Waals surface area contributed by atoms with E-state index in [0.717, 1.165) is 42.9 Å². The highest BCUT2D eigenvalue weighted by Gasteiger charge is 2.14. The predicted octanol–water partition coefficient (Wildman–Crippen LogP) is 1.54. The Morgan fingerprint density at radius 1 is 1.22 bits per heavy atom. The Kier molecular flexibility index (Phi) is 2.80. The molecule has 0 saturated carbocycles. The number of nitrogens with one attached hydrogen (secondary N) is 1. The number of benzene rings is 1. The highest BCUT2D eigenvalue weighted by atomic mass is 15.2. The van der Waals surface area contributed by atoms with Gasteiger partial charge in [0, 0.05) is 60.2 Å². The van der Waals surface area contributed by atoms with Gasteiger partial charge in [0.1, 0.15) is 0 Å². The Hall–Kier alpha value is -1.81. The third kappa shape index (κ3) is 1.88. The smallest absolute Gasteiger partial charge is 0.0449 e. The van der Waals surface area contributed by atoms with Crippen LogP contribution in [0.2, 0.25) is 0 Å². The van der Waals surface area contributed by atoms with Crippen LogP contribution in [0, 0.1) is 6.92 Å². The summed E-state index contributed by atoms with van der Waals surface area (Å²) in [4.78, 5) is 6.76. The zero-order valence-corrected chi connectivity index (χ0v) is 10.6. The van der Waals surface area contributed by atoms with Gasteiger partial charge >= 0.3 is 0 Å². The zero-order valence-electron chi connectivity index (χ0n) is 10.6. The maximum atomic E-state index is 6.03. The molecule has 0 spiro atoms. The topological polar surface area (TPSA) is 54.2 Å². The monoisotopic (exact) mass is 242 g/mol. The standard InChI is InChI=1S/C14H18N4/c1-10-8-11-12(9-17-10)13(15)2-3-14(11)18-6-4-16-5-7-18/h2-3,8-9,16H,4-7,15H2,1H3. The molecule has 1 aliphatic heterocycles. The van der Waals surface area contributed by atoms with Gasteiger partial charge < -0.3 is 16.0 Å². The number of pyridine rings is 1. The lowest BCUT2D eigenvalue weighted by atomic mass is 10.1. The van der Waals surface area contributed by atoms with Gasteiger partial charge in [0.25, 0.3) is 0 Å². The molecule has 0 radical (unpaired) electrons. The van der Waals surface area contributed by atoms with E-state index >= 15 is 0 Å². The van der Waals surface area contributed by atoms with Crippen LogP contribution >= 0.6 is 0 Å². The van der Waals surface area contributed by atoms with E-state index in [1.54, 1.807) is 0 Å². The summed E-state index contributed by atoms with van der Waals surface area (Å²) in [6, 6.07) is 6.24. The summed E-state index contributed by atoms with van der Waals surface area (Å²) in [5.41, 5.74) is 9.14. The van der Waals surface area contributed by atoms with E-state index in [2.05, 4.69) is 27.3 Å². The fourth-order valence-corrected chi connectivity index (χ4v) is 2.53. The van der Waals surface area contributed by atoms with E-state index in [0.29, 0.717) is 0 Å². The molecule has 1 aromatic heterocycles. The van der Waals surface area contributed by atoms with Crippen molar-refractivity contribution in [2.75, 3.05) is 36.8 Å². The third-order valence-electron chi connectivity index (χ3n) is 3.51. The maximum Gasteiger partial charge on any atom is 0.0449 e. The molecule has 1 fully saturated rings. The molecule has 0 bridgehead atoms. The Bertz CT molecular complexity index is 573. The average Bonchev–Trinajstić information content (AvgIpc) is 2.40. The van der Waals surface area contributed by atoms with Crippen molar-refractivity contribution in [3.63, 3.8) is 0 Å². The van der Waals surface area contributed by atoms with Crippen molar-refractivity contribution in [2.24, 2.45) is 0 Å². The molecule has 0 amide bonds. The second-order valence-corrected chi connectivity index (χ2v) is 4.78. The number of fused-ring (bicyclic) bond motifs is 1. The number of aryl methyl sites for hydroxylation is 1. The molecule has 3 N–H and O–H groups in total. The number of aromatic nitrogens is 1. The minimum atomic E-state index is 0.802. The molecule has 0 unspecified atom stereocenters. The summed E-state index contributed by atoms with van der Waals surface area (Å²) in [6.07, 6.45) is 1.88. The van der Waals surface area contributed by atoms with Crippen LogP contribution in [0.25, 0.3) is 10.8 Å². The van der Waals surface area contributed by atoms with Crippen molar-refractivity contribution >= 4 is 22.1 Å². The van der Waals surface area contributed by atoms with Gasteiger partial charge in [-0.1, -0.05) is 0 Å². The Morgan fingerprint density at radius 2 is 2.00 bits per heavy atom. The van der Waals surface area contributed by atoms with Crippen molar-refractivity contribution in [3.8, 4) is 0 Å². The molecule has 0 atom stereocenters. The zero-order chi connectivity index (χ0) is 12.5. The van der Waals surface area contributed by atoms with E-state index in [1.165, 1.54) is 11.1 Å². The number of hydrogen-bond donors (Lipinski definition) is 2. The summed E-state index contributed by atoms with van der Waals surface area (Å²) in [7, 11) is 0. The lowest BCUT2D eigenvalue weighted by molar-refractivity contribution is 0.590. The van der Waals surface area contributed by atoms with Gasteiger partial charge in [0.15, 0.2) is 0 Å². The fourth-order valence-electron chi connectivity index (χ4n) is 2.53. The number of hydrogen-bond acceptors (Lipinski definition) is 4. The SMILES string of the molecule is Cc1cc2c(N3CCNCC3)ccc(N)c2cn1. The first kappa shape index (κ1) is 11.3. The van der Waals surface area contributed by atoms with E-state index < -0.39 is 0 Å². The van der Waals surface area contributed by atoms with Gasteiger partial charge in [-0.25, -0.2) is 0 Å². The van der Waals surface area contributed by atoms with Crippen molar-refractivity contribution in [1.29, 1.82) is 0 Å². The van der Waals surface area contributed by atoms with Crippen molar-refractivity contribution in [3.05, 3.63) is 30.1 Å². The minimum Gasteiger partial charge on any atom is -0.398 e. The largest absolute Gasteiger partial charge is 0.398 e. The molecule has 1 aromatic carbocycles. The molecule has 4 heteroatoms. The lowest BCUT2D eigenvalue weighted by Gasteiger charge is -2.30. The quantitative estimate of drug-likeness (QED) is 0.745. The molecule has 2 aromatic rings. The lowest BCUT2D eigenvalue weighted by Crippen LogP contribution is -2.43. The van der Waals surface area contributed by atoms with Crippen LogP contribution in [-0.2, 0) is 0 Å². The number of nitrogen functional groups attached to an aromatic ring is 1. The highest BCUT2D eigenvalue weighted by Crippen LogP contribution is 2.31. The highest BCUT2D eigenvalue weighted by molar-refractivity contribution is 6.01. The number of nitrogens with zero attached hydrogens (tertiary/aromatic N) is 2. The predicted molar refractivity (Wildman–Crippen MR) is 76.0 cm³/mol. The van der Waals surface area contributed by atoms with E-state index in [9.17, 15) is 0 Å². The molecule has 94 valence electrons. The van der Waals surface area contributed by atoms with E-state index in [1.807, 2.05) is 19.2 Å². The average molecular weight is 242 g/mol. The van der Waals surface area contributed by atoms with Crippen LogP contribution in [0.5, 0.6) is 0 Å². The molecule has 18 heavy (non-hydrogen) atoms. The maximum absolute atomic E-state index is 6.03. The summed E-state index contributed by atoms with van der Waals surface area (Å²) in [5, 5.41) is 5.64. The molecule has 4 nitrogen and oxygen atoms in total. The third-order valence-corrected chi connectivity index (χ3v) is 3.51. The van der Waals surface area contributed by atoms with Crippen LogP contribution in [0.3, 0.4) is 0 Å². The van der Waals surface area contributed by atoms with Crippen molar-refractivity contribution in [2.45, 2.75) is 6.92 Å². The molecule has 1 aliphatic rings. The normalized spacial score (nSPS) is 16.2. The number of anilines is 2. The van der Waals surface area contributed by atoms with E-state index in [4.69, 9.17) is 5.73 Å². The van der Waals surface area contributed by atoms with Crippen LogP contribution in [-0.4, -0.2) is 31.2 Å². The van der Waals surface area contributed by atoms with Crippen LogP contribution in [0.1, 0.15) is 5.69 Å². The second kappa shape index (κ2) is 4.46. The molecular formula is C14H18N4. The van der Waals surface area contributed by atoms with E-state index in [-0.39, 0.29) is 0 Å². The van der Waals surface area contributed by atoms with Crippen molar-refractivity contribution < 1.29 is 0 Å². The first-order valence-electron chi connectivity index (χ1n) is 6.36. The van der Waals surface area contributed by atoms with Gasteiger partial charge in [-0.15, -0.1) is 0 Å². The molecular weight excluding hydrogens is 224 g/mol. The fraction of sp³-hybridized carbons (Fsp3) is 0.357. The Balaban J connectivity index is 2.16. The summed E-state index contributed by atoms with van der Waals surface area (Å²) in [5.74, 6) is 0. The van der Waals surface area contributed by atoms with Crippen LogP contribution in [0.4, 0.5) is 11.4 Å². The summed E-state index contributed by atoms with van der Waals surface area (Å²) < 4.78 is 0. The van der Waals surface area contributed by atoms with Gasteiger partial charge in [0.05, 0.1) is 0 Å². The Morgan fingerprint density at radius 3 is 2.78 bits per heavy atom. The Labute approximate surface area is 107 Å². The number of nitrogens with two attached hydrogens (primary N) is 1. The van der Waals surface area contributed by atoms with Crippen LogP contribution in [0.15, 0.2) is 24.4 Å². The number of rotatable bonds is 1. The number of piperazine rings is 1. The molecule has 2 heterocycles.